The molecule has 1 aromatic heterocycles. The number of nitrogens with zero attached hydrogens (tertiary/aromatic N) is 2. The first kappa shape index (κ1) is 20.1. The summed E-state index contributed by atoms with van der Waals surface area (Å²) >= 11 is 0. The first-order valence-corrected chi connectivity index (χ1v) is 10.3. The summed E-state index contributed by atoms with van der Waals surface area (Å²) in [6.45, 7) is 3.44. The molecule has 0 unspecified atom stereocenters. The van der Waals surface area contributed by atoms with Crippen LogP contribution < -0.4 is 10.4 Å². The fourth-order valence-electron chi connectivity index (χ4n) is 3.88. The van der Waals surface area contributed by atoms with Crippen molar-refractivity contribution in [3.8, 4) is 17.1 Å². The lowest BCUT2D eigenvalue weighted by molar-refractivity contribution is -0.102. The molecule has 2 aliphatic heterocycles. The molecule has 0 aliphatic carbocycles. The minimum absolute atomic E-state index is 0.128. The van der Waals surface area contributed by atoms with Crippen molar-refractivity contribution in [2.45, 2.75) is 38.3 Å². The van der Waals surface area contributed by atoms with Crippen LogP contribution in [0, 0.1) is 0 Å². The average molecular weight is 400 g/mol. The largest absolute Gasteiger partial charge is 0.475 e. The van der Waals surface area contributed by atoms with Gasteiger partial charge in [0.25, 0.3) is 0 Å². The summed E-state index contributed by atoms with van der Waals surface area (Å²) in [6.07, 6.45) is 3.92. The molecule has 1 fully saturated rings. The van der Waals surface area contributed by atoms with Crippen LogP contribution in [0.15, 0.2) is 29.1 Å². The highest BCUT2D eigenvalue weighted by Gasteiger charge is 2.21. The number of unbranched alkanes of at least 4 members (excludes halogenated alkanes) is 1. The van der Waals surface area contributed by atoms with Crippen molar-refractivity contribution in [2.24, 2.45) is 0 Å². The van der Waals surface area contributed by atoms with Crippen LogP contribution in [0.5, 0.6) is 5.88 Å². The number of ether oxygens (including phenoxy) is 4. The van der Waals surface area contributed by atoms with Crippen LogP contribution in [0.1, 0.15) is 24.0 Å². The Kier molecular flexibility index (Phi) is 6.59. The molecule has 7 nitrogen and oxygen atoms in total. The van der Waals surface area contributed by atoms with Crippen LogP contribution in [-0.2, 0) is 33.6 Å². The van der Waals surface area contributed by atoms with E-state index in [1.165, 1.54) is 11.1 Å². The van der Waals surface area contributed by atoms with Gasteiger partial charge in [-0.25, -0.2) is 4.79 Å². The van der Waals surface area contributed by atoms with E-state index in [1.807, 2.05) is 6.07 Å². The molecule has 2 aromatic rings. The van der Waals surface area contributed by atoms with E-state index in [1.54, 1.807) is 11.7 Å². The standard InChI is InChI=1S/C22H28N2O5/c1-26-9-3-2-4-16-5-6-19-17(12-16)7-8-24-20(19)13-21(23-22(24)25)29-15-18-14-27-10-11-28-18/h5-6,12-13,18H,2-4,7-11,14-15H2,1H3/t18-/m0/s1. The highest BCUT2D eigenvalue weighted by molar-refractivity contribution is 5.67. The topological polar surface area (TPSA) is 71.8 Å². The first-order valence-electron chi connectivity index (χ1n) is 10.3. The number of hydrogen-bond acceptors (Lipinski definition) is 6. The Morgan fingerprint density at radius 3 is 3.00 bits per heavy atom. The van der Waals surface area contributed by atoms with Crippen LogP contribution in [0.4, 0.5) is 0 Å². The smallest absolute Gasteiger partial charge is 0.351 e. The molecule has 0 N–H and O–H groups in total. The maximum atomic E-state index is 12.5. The highest BCUT2D eigenvalue weighted by Crippen LogP contribution is 2.30. The summed E-state index contributed by atoms with van der Waals surface area (Å²) in [7, 11) is 1.74. The molecule has 7 heteroatoms. The van der Waals surface area contributed by atoms with Crippen molar-refractivity contribution < 1.29 is 18.9 Å². The molecule has 0 bridgehead atoms. The summed E-state index contributed by atoms with van der Waals surface area (Å²) in [5, 5.41) is 0. The summed E-state index contributed by atoms with van der Waals surface area (Å²) in [4.78, 5) is 16.6. The molecule has 3 heterocycles. The number of aryl methyl sites for hydroxylation is 2. The van der Waals surface area contributed by atoms with E-state index < -0.39 is 0 Å². The number of hydrogen-bond donors (Lipinski definition) is 0. The summed E-state index contributed by atoms with van der Waals surface area (Å²) < 4.78 is 23.6. The van der Waals surface area contributed by atoms with Gasteiger partial charge in [-0.3, -0.25) is 4.57 Å². The molecule has 0 amide bonds. The zero-order valence-electron chi connectivity index (χ0n) is 16.9. The van der Waals surface area contributed by atoms with Gasteiger partial charge in [0.2, 0.25) is 5.88 Å². The minimum atomic E-state index is -0.271. The second kappa shape index (κ2) is 9.52. The van der Waals surface area contributed by atoms with Gasteiger partial charge in [0.05, 0.1) is 25.5 Å². The lowest BCUT2D eigenvalue weighted by Gasteiger charge is -2.24. The lowest BCUT2D eigenvalue weighted by Crippen LogP contribution is -2.34. The third-order valence-electron chi connectivity index (χ3n) is 5.40. The second-order valence-electron chi connectivity index (χ2n) is 7.48. The second-order valence-corrected chi connectivity index (χ2v) is 7.48. The van der Waals surface area contributed by atoms with Crippen molar-refractivity contribution in [1.29, 1.82) is 0 Å². The Balaban J connectivity index is 1.50. The van der Waals surface area contributed by atoms with E-state index in [2.05, 4.69) is 23.2 Å². The molecule has 1 saturated heterocycles. The Morgan fingerprint density at radius 1 is 1.24 bits per heavy atom. The van der Waals surface area contributed by atoms with Gasteiger partial charge < -0.3 is 18.9 Å². The predicted molar refractivity (Wildman–Crippen MR) is 109 cm³/mol. The molecule has 1 aromatic carbocycles. The van der Waals surface area contributed by atoms with Crippen LogP contribution in [0.2, 0.25) is 0 Å². The van der Waals surface area contributed by atoms with Crippen LogP contribution in [0.3, 0.4) is 0 Å². The van der Waals surface area contributed by atoms with Crippen molar-refractivity contribution in [2.75, 3.05) is 40.1 Å². The molecule has 29 heavy (non-hydrogen) atoms. The van der Waals surface area contributed by atoms with E-state index in [9.17, 15) is 4.79 Å². The number of fused-ring (bicyclic) bond motifs is 3. The Hall–Kier alpha value is -2.22. The Labute approximate surface area is 170 Å². The number of methoxy groups -OCH3 is 1. The van der Waals surface area contributed by atoms with Crippen molar-refractivity contribution in [3.05, 3.63) is 45.9 Å². The number of aromatic nitrogens is 2. The van der Waals surface area contributed by atoms with Crippen LogP contribution in [-0.4, -0.2) is 55.8 Å². The van der Waals surface area contributed by atoms with Gasteiger partial charge in [-0.2, -0.15) is 4.98 Å². The summed E-state index contributed by atoms with van der Waals surface area (Å²) in [6, 6.07) is 8.40. The number of benzene rings is 1. The Morgan fingerprint density at radius 2 is 2.17 bits per heavy atom. The van der Waals surface area contributed by atoms with E-state index in [4.69, 9.17) is 18.9 Å². The quantitative estimate of drug-likeness (QED) is 0.633. The zero-order chi connectivity index (χ0) is 20.1. The first-order chi connectivity index (χ1) is 14.2. The van der Waals surface area contributed by atoms with Crippen LogP contribution >= 0.6 is 0 Å². The van der Waals surface area contributed by atoms with Gasteiger partial charge in [-0.15, -0.1) is 0 Å². The van der Waals surface area contributed by atoms with Gasteiger partial charge in [0, 0.05) is 31.9 Å². The van der Waals surface area contributed by atoms with Crippen LogP contribution in [0.25, 0.3) is 11.3 Å². The molecule has 4 rings (SSSR count). The maximum Gasteiger partial charge on any atom is 0.351 e. The normalized spacial score (nSPS) is 18.2. The molecule has 0 radical (unpaired) electrons. The van der Waals surface area contributed by atoms with Gasteiger partial charge >= 0.3 is 5.69 Å². The zero-order valence-corrected chi connectivity index (χ0v) is 16.9. The Bertz CT molecular complexity index is 889. The van der Waals surface area contributed by atoms with E-state index in [0.29, 0.717) is 38.9 Å². The maximum absolute atomic E-state index is 12.5. The van der Waals surface area contributed by atoms with E-state index in [0.717, 1.165) is 43.5 Å². The van der Waals surface area contributed by atoms with Gasteiger partial charge in [0.1, 0.15) is 12.7 Å². The molecule has 156 valence electrons. The van der Waals surface area contributed by atoms with Gasteiger partial charge in [0.15, 0.2) is 0 Å². The fraction of sp³-hybridized carbons (Fsp3) is 0.545. The van der Waals surface area contributed by atoms with Gasteiger partial charge in [-0.05, 0) is 36.8 Å². The van der Waals surface area contributed by atoms with E-state index in [-0.39, 0.29) is 11.8 Å². The average Bonchev–Trinajstić information content (AvgIpc) is 2.76. The third-order valence-corrected chi connectivity index (χ3v) is 5.40. The van der Waals surface area contributed by atoms with Crippen molar-refractivity contribution in [1.82, 2.24) is 9.55 Å². The minimum Gasteiger partial charge on any atom is -0.475 e. The molecule has 2 aliphatic rings. The molecule has 0 spiro atoms. The molecular formula is C22H28N2O5. The lowest BCUT2D eigenvalue weighted by atomic mass is 9.94. The summed E-state index contributed by atoms with van der Waals surface area (Å²) in [5.41, 5.74) is 4.28. The van der Waals surface area contributed by atoms with Crippen molar-refractivity contribution in [3.63, 3.8) is 0 Å². The highest BCUT2D eigenvalue weighted by atomic mass is 16.6. The van der Waals surface area contributed by atoms with Gasteiger partial charge in [-0.1, -0.05) is 18.2 Å². The SMILES string of the molecule is COCCCCc1ccc2c(c1)CCn1c-2cc(OC[C@@H]2COCCO2)nc1=O. The van der Waals surface area contributed by atoms with E-state index >= 15 is 0 Å². The number of rotatable bonds is 8. The monoisotopic (exact) mass is 400 g/mol. The molecule has 1 atom stereocenters. The third kappa shape index (κ3) is 4.86. The summed E-state index contributed by atoms with van der Waals surface area (Å²) in [5.74, 6) is 0.340. The molecule has 0 saturated carbocycles. The van der Waals surface area contributed by atoms with Crippen molar-refractivity contribution >= 4 is 0 Å². The fourth-order valence-corrected chi connectivity index (χ4v) is 3.88. The predicted octanol–water partition coefficient (Wildman–Crippen LogP) is 2.23. The molecular weight excluding hydrogens is 372 g/mol.